The van der Waals surface area contributed by atoms with Gasteiger partial charge in [0.2, 0.25) is 11.8 Å². The van der Waals surface area contributed by atoms with E-state index < -0.39 is 4.92 Å². The van der Waals surface area contributed by atoms with Crippen molar-refractivity contribution in [1.29, 1.82) is 0 Å². The maximum atomic E-state index is 10.6. The van der Waals surface area contributed by atoms with Gasteiger partial charge in [-0.1, -0.05) is 0 Å². The van der Waals surface area contributed by atoms with E-state index >= 15 is 0 Å². The second-order valence-electron chi connectivity index (χ2n) is 5.52. The van der Waals surface area contributed by atoms with Crippen LogP contribution >= 0.6 is 0 Å². The van der Waals surface area contributed by atoms with Gasteiger partial charge >= 0.3 is 5.69 Å². The summed E-state index contributed by atoms with van der Waals surface area (Å²) in [5, 5.41) is 13.7. The molecule has 0 aliphatic carbocycles. The van der Waals surface area contributed by atoms with Crippen LogP contribution in [0.25, 0.3) is 0 Å². The molecule has 0 spiro atoms. The fourth-order valence-electron chi connectivity index (χ4n) is 2.58. The van der Waals surface area contributed by atoms with Crippen molar-refractivity contribution >= 4 is 17.5 Å². The number of hydrogen-bond donors (Lipinski definition) is 2. The summed E-state index contributed by atoms with van der Waals surface area (Å²) < 4.78 is 5.69. The topological polar surface area (TPSA) is 119 Å². The summed E-state index contributed by atoms with van der Waals surface area (Å²) in [4.78, 5) is 20.2. The second-order valence-corrected chi connectivity index (χ2v) is 5.52. The van der Waals surface area contributed by atoms with Gasteiger partial charge in [-0.25, -0.2) is 4.98 Å². The van der Waals surface area contributed by atoms with E-state index in [9.17, 15) is 10.1 Å². The number of rotatable bonds is 6. The average molecular weight is 310 g/mol. The average Bonchev–Trinajstić information content (AvgIpc) is 2.42. The van der Waals surface area contributed by atoms with Gasteiger partial charge in [-0.05, 0) is 20.3 Å². The molecule has 22 heavy (non-hydrogen) atoms. The second kappa shape index (κ2) is 7.32. The Kier molecular flexibility index (Phi) is 5.45. The Labute approximate surface area is 129 Å². The molecule has 2 rings (SSSR count). The van der Waals surface area contributed by atoms with Gasteiger partial charge in [0.25, 0.3) is 0 Å². The van der Waals surface area contributed by atoms with Crippen LogP contribution < -0.4 is 11.1 Å². The number of nitrogens with two attached hydrogens (primary N) is 1. The van der Waals surface area contributed by atoms with Crippen LogP contribution in [-0.4, -0.2) is 58.2 Å². The van der Waals surface area contributed by atoms with Gasteiger partial charge in [0.05, 0.1) is 17.1 Å². The molecule has 0 bridgehead atoms. The highest BCUT2D eigenvalue weighted by Gasteiger charge is 2.21. The van der Waals surface area contributed by atoms with E-state index in [1.165, 1.54) is 0 Å². The Hall–Kier alpha value is -2.00. The molecule has 1 fully saturated rings. The molecule has 0 amide bonds. The molecular weight excluding hydrogens is 288 g/mol. The first-order valence-corrected chi connectivity index (χ1v) is 7.34. The van der Waals surface area contributed by atoms with Crippen molar-refractivity contribution in [1.82, 2.24) is 14.9 Å². The fraction of sp³-hybridized carbons (Fsp3) is 0.692. The zero-order chi connectivity index (χ0) is 16.1. The van der Waals surface area contributed by atoms with Crippen molar-refractivity contribution in [3.63, 3.8) is 0 Å². The van der Waals surface area contributed by atoms with E-state index in [1.807, 2.05) is 0 Å². The lowest BCUT2D eigenvalue weighted by Gasteiger charge is -2.35. The first-order valence-electron chi connectivity index (χ1n) is 7.34. The molecular formula is C13H22N6O3. The normalized spacial score (nSPS) is 22.5. The van der Waals surface area contributed by atoms with Crippen molar-refractivity contribution in [2.75, 3.05) is 37.2 Å². The number of nitrogens with one attached hydrogen (secondary N) is 1. The van der Waals surface area contributed by atoms with Gasteiger partial charge in [0.1, 0.15) is 6.20 Å². The predicted molar refractivity (Wildman–Crippen MR) is 82.7 cm³/mol. The molecule has 1 saturated heterocycles. The summed E-state index contributed by atoms with van der Waals surface area (Å²) in [6.45, 7) is 7.66. The summed E-state index contributed by atoms with van der Waals surface area (Å²) in [6, 6.07) is 0. The van der Waals surface area contributed by atoms with E-state index in [4.69, 9.17) is 10.5 Å². The highest BCUT2D eigenvalue weighted by atomic mass is 16.6. The molecule has 9 nitrogen and oxygen atoms in total. The van der Waals surface area contributed by atoms with Crippen molar-refractivity contribution < 1.29 is 9.66 Å². The summed E-state index contributed by atoms with van der Waals surface area (Å²) in [6.07, 6.45) is 2.56. The number of nitrogens with zero attached hydrogens (tertiary/aromatic N) is 4. The molecule has 122 valence electrons. The van der Waals surface area contributed by atoms with Crippen molar-refractivity contribution in [3.05, 3.63) is 16.3 Å². The smallest absolute Gasteiger partial charge is 0.329 e. The minimum Gasteiger partial charge on any atom is -0.378 e. The number of nitro groups is 1. The van der Waals surface area contributed by atoms with Crippen LogP contribution in [-0.2, 0) is 4.74 Å². The van der Waals surface area contributed by atoms with Gasteiger partial charge in [0, 0.05) is 26.2 Å². The number of aromatic nitrogens is 2. The van der Waals surface area contributed by atoms with Crippen LogP contribution in [0.15, 0.2) is 6.20 Å². The van der Waals surface area contributed by atoms with Crippen LogP contribution in [0.5, 0.6) is 0 Å². The van der Waals surface area contributed by atoms with Crippen molar-refractivity contribution in [3.8, 4) is 0 Å². The molecule has 1 aromatic rings. The summed E-state index contributed by atoms with van der Waals surface area (Å²) >= 11 is 0. The minimum absolute atomic E-state index is 0.127. The Bertz CT molecular complexity index is 516. The predicted octanol–water partition coefficient (Wildman–Crippen LogP) is 0.878. The maximum Gasteiger partial charge on any atom is 0.329 e. The Balaban J connectivity index is 1.75. The highest BCUT2D eigenvalue weighted by Crippen LogP contribution is 2.18. The molecule has 1 aliphatic heterocycles. The van der Waals surface area contributed by atoms with Crippen LogP contribution in [0, 0.1) is 10.1 Å². The third kappa shape index (κ3) is 4.50. The van der Waals surface area contributed by atoms with Gasteiger partial charge in [-0.2, -0.15) is 4.98 Å². The summed E-state index contributed by atoms with van der Waals surface area (Å²) in [7, 11) is 0. The van der Waals surface area contributed by atoms with Gasteiger partial charge in [0.15, 0.2) is 0 Å². The molecule has 0 radical (unpaired) electrons. The first-order chi connectivity index (χ1) is 10.5. The molecule has 2 heterocycles. The minimum atomic E-state index is -0.597. The quantitative estimate of drug-likeness (QED) is 0.451. The molecule has 0 saturated carbocycles. The largest absolute Gasteiger partial charge is 0.378 e. The van der Waals surface area contributed by atoms with Crippen LogP contribution in [0.4, 0.5) is 17.5 Å². The summed E-state index contributed by atoms with van der Waals surface area (Å²) in [5.74, 6) is 0.185. The third-order valence-corrected chi connectivity index (χ3v) is 3.42. The zero-order valence-corrected chi connectivity index (χ0v) is 12.9. The fourth-order valence-corrected chi connectivity index (χ4v) is 2.58. The van der Waals surface area contributed by atoms with Gasteiger partial charge in [-0.15, -0.1) is 0 Å². The Morgan fingerprint density at radius 3 is 2.77 bits per heavy atom. The monoisotopic (exact) mass is 310 g/mol. The molecule has 1 aromatic heterocycles. The molecule has 1 aliphatic rings. The van der Waals surface area contributed by atoms with E-state index in [1.54, 1.807) is 0 Å². The SMILES string of the molecule is CC1CN(CCCNc2ncc([N+](=O)[O-])c(N)n2)CC(C)O1. The summed E-state index contributed by atoms with van der Waals surface area (Å²) in [5.41, 5.74) is 5.24. The van der Waals surface area contributed by atoms with Gasteiger partial charge in [-0.3, -0.25) is 15.0 Å². The van der Waals surface area contributed by atoms with Gasteiger partial charge < -0.3 is 15.8 Å². The number of nitrogen functional groups attached to an aromatic ring is 1. The van der Waals surface area contributed by atoms with E-state index in [0.717, 1.165) is 32.3 Å². The number of ether oxygens (including phenoxy) is 1. The first kappa shape index (κ1) is 16.4. The molecule has 2 atom stereocenters. The lowest BCUT2D eigenvalue weighted by Crippen LogP contribution is -2.45. The number of morpholine rings is 1. The van der Waals surface area contributed by atoms with Crippen LogP contribution in [0.3, 0.4) is 0 Å². The van der Waals surface area contributed by atoms with E-state index in [2.05, 4.69) is 34.0 Å². The standard InChI is InChI=1S/C13H22N6O3/c1-9-7-18(8-10(2)22-9)5-3-4-15-13-16-6-11(19(20)21)12(14)17-13/h6,9-10H,3-5,7-8H2,1-2H3,(H3,14,15,16,17). The highest BCUT2D eigenvalue weighted by molar-refractivity contribution is 5.53. The molecule has 0 aromatic carbocycles. The van der Waals surface area contributed by atoms with Crippen molar-refractivity contribution in [2.24, 2.45) is 0 Å². The van der Waals surface area contributed by atoms with Crippen molar-refractivity contribution in [2.45, 2.75) is 32.5 Å². The maximum absolute atomic E-state index is 10.6. The lowest BCUT2D eigenvalue weighted by molar-refractivity contribution is -0.384. The Morgan fingerprint density at radius 1 is 1.50 bits per heavy atom. The van der Waals surface area contributed by atoms with E-state index in [-0.39, 0.29) is 23.7 Å². The number of anilines is 2. The lowest BCUT2D eigenvalue weighted by atomic mass is 10.2. The Morgan fingerprint density at radius 2 is 2.18 bits per heavy atom. The molecule has 2 unspecified atom stereocenters. The van der Waals surface area contributed by atoms with Crippen LogP contribution in [0.2, 0.25) is 0 Å². The zero-order valence-electron chi connectivity index (χ0n) is 12.9. The third-order valence-electron chi connectivity index (χ3n) is 3.42. The molecule has 3 N–H and O–H groups in total. The molecule has 9 heteroatoms. The van der Waals surface area contributed by atoms with Crippen LogP contribution in [0.1, 0.15) is 20.3 Å². The van der Waals surface area contributed by atoms with E-state index in [0.29, 0.717) is 12.5 Å². The number of hydrogen-bond acceptors (Lipinski definition) is 8.